The van der Waals surface area contributed by atoms with Gasteiger partial charge in [0.05, 0.1) is 6.61 Å². The molecule has 0 aromatic heterocycles. The number of aliphatic hydroxyl groups is 1. The highest BCUT2D eigenvalue weighted by atomic mass is 16.7. The number of aliphatic hydroxyl groups excluding tert-OH is 1. The number of rotatable bonds is 7. The van der Waals surface area contributed by atoms with Gasteiger partial charge in [-0.1, -0.05) is 18.2 Å². The zero-order valence-corrected chi connectivity index (χ0v) is 11.8. The normalized spacial score (nSPS) is 24.2. The van der Waals surface area contributed by atoms with Gasteiger partial charge in [0.2, 0.25) is 0 Å². The number of hydrogen-bond acceptors (Lipinski definition) is 3. The number of hydrogen-bond donors (Lipinski definition) is 1. The zero-order valence-electron chi connectivity index (χ0n) is 11.8. The zero-order chi connectivity index (χ0) is 13.5. The first kappa shape index (κ1) is 15.4. The van der Waals surface area contributed by atoms with Crippen LogP contribution in [0.3, 0.4) is 0 Å². The lowest BCUT2D eigenvalue weighted by atomic mass is 9.77. The van der Waals surface area contributed by atoms with Crippen molar-refractivity contribution in [2.24, 2.45) is 11.8 Å². The molecule has 1 N–H and O–H groups in total. The Morgan fingerprint density at radius 2 is 2.06 bits per heavy atom. The first-order valence-electron chi connectivity index (χ1n) is 6.83. The van der Waals surface area contributed by atoms with Crippen LogP contribution < -0.4 is 0 Å². The summed E-state index contributed by atoms with van der Waals surface area (Å²) in [4.78, 5) is 0. The van der Waals surface area contributed by atoms with E-state index in [1.165, 1.54) is 0 Å². The van der Waals surface area contributed by atoms with Crippen LogP contribution in [-0.2, 0) is 9.47 Å². The smallest absolute Gasteiger partial charge is 0.164 e. The molecule has 0 aromatic carbocycles. The second-order valence-electron chi connectivity index (χ2n) is 4.83. The Labute approximate surface area is 110 Å². The first-order valence-corrected chi connectivity index (χ1v) is 6.83. The van der Waals surface area contributed by atoms with E-state index in [9.17, 15) is 5.11 Å². The van der Waals surface area contributed by atoms with Crippen LogP contribution in [0.4, 0.5) is 0 Å². The van der Waals surface area contributed by atoms with E-state index in [0.29, 0.717) is 19.1 Å². The van der Waals surface area contributed by atoms with E-state index < -0.39 is 0 Å². The minimum Gasteiger partial charge on any atom is -0.392 e. The van der Waals surface area contributed by atoms with E-state index in [0.717, 1.165) is 24.0 Å². The van der Waals surface area contributed by atoms with E-state index >= 15 is 0 Å². The maximum Gasteiger partial charge on any atom is 0.164 e. The fraction of sp³-hybridized carbons (Fsp3) is 0.733. The van der Waals surface area contributed by atoms with Crippen molar-refractivity contribution in [3.8, 4) is 0 Å². The molecule has 0 unspecified atom stereocenters. The second-order valence-corrected chi connectivity index (χ2v) is 4.83. The summed E-state index contributed by atoms with van der Waals surface area (Å²) in [6.07, 6.45) is 3.85. The third kappa shape index (κ3) is 3.94. The van der Waals surface area contributed by atoms with Gasteiger partial charge in [-0.25, -0.2) is 0 Å². The number of ether oxygens (including phenoxy) is 2. The molecule has 1 aliphatic rings. The summed E-state index contributed by atoms with van der Waals surface area (Å²) in [7, 11) is 0. The third-order valence-corrected chi connectivity index (χ3v) is 3.48. The molecule has 3 heteroatoms. The summed E-state index contributed by atoms with van der Waals surface area (Å²) >= 11 is 0. The van der Waals surface area contributed by atoms with Crippen LogP contribution in [-0.4, -0.2) is 31.2 Å². The first-order chi connectivity index (χ1) is 8.63. The summed E-state index contributed by atoms with van der Waals surface area (Å²) < 4.78 is 11.4. The average molecular weight is 254 g/mol. The molecule has 0 aliphatic heterocycles. The van der Waals surface area contributed by atoms with Gasteiger partial charge >= 0.3 is 0 Å². The topological polar surface area (TPSA) is 38.7 Å². The molecule has 18 heavy (non-hydrogen) atoms. The Morgan fingerprint density at radius 1 is 1.44 bits per heavy atom. The predicted molar refractivity (Wildman–Crippen MR) is 73.2 cm³/mol. The van der Waals surface area contributed by atoms with Gasteiger partial charge in [0.1, 0.15) is 0 Å². The quantitative estimate of drug-likeness (QED) is 0.561. The van der Waals surface area contributed by atoms with Crippen molar-refractivity contribution in [1.29, 1.82) is 0 Å². The van der Waals surface area contributed by atoms with Crippen LogP contribution in [0.1, 0.15) is 33.6 Å². The van der Waals surface area contributed by atoms with Crippen molar-refractivity contribution in [1.82, 2.24) is 0 Å². The van der Waals surface area contributed by atoms with Crippen molar-refractivity contribution >= 4 is 0 Å². The second kappa shape index (κ2) is 7.72. The highest BCUT2D eigenvalue weighted by molar-refractivity contribution is 5.16. The fourth-order valence-electron chi connectivity index (χ4n) is 2.58. The largest absolute Gasteiger partial charge is 0.392 e. The Morgan fingerprint density at radius 3 is 2.50 bits per heavy atom. The van der Waals surface area contributed by atoms with Crippen molar-refractivity contribution in [2.45, 2.75) is 39.9 Å². The molecule has 0 saturated carbocycles. The van der Waals surface area contributed by atoms with Crippen LogP contribution in [0.25, 0.3) is 0 Å². The molecule has 0 spiro atoms. The molecule has 0 heterocycles. The molecule has 0 saturated heterocycles. The molecule has 0 amide bonds. The van der Waals surface area contributed by atoms with Gasteiger partial charge in [-0.2, -0.15) is 0 Å². The van der Waals surface area contributed by atoms with E-state index in [1.54, 1.807) is 0 Å². The molecule has 1 rings (SSSR count). The van der Waals surface area contributed by atoms with Gasteiger partial charge in [0.15, 0.2) is 6.29 Å². The van der Waals surface area contributed by atoms with Crippen LogP contribution in [0, 0.1) is 11.8 Å². The molecular formula is C15H26O3. The van der Waals surface area contributed by atoms with Gasteiger partial charge in [-0.3, -0.25) is 0 Å². The minimum atomic E-state index is -0.233. The van der Waals surface area contributed by atoms with Gasteiger partial charge in [-0.05, 0) is 45.1 Å². The number of allylic oxidation sites excluding steroid dienone is 1. The van der Waals surface area contributed by atoms with Gasteiger partial charge < -0.3 is 14.6 Å². The molecule has 0 fully saturated rings. The molecule has 2 atom stereocenters. The van der Waals surface area contributed by atoms with Gasteiger partial charge in [-0.15, -0.1) is 0 Å². The lowest BCUT2D eigenvalue weighted by Gasteiger charge is -2.35. The summed E-state index contributed by atoms with van der Waals surface area (Å²) in [6, 6.07) is 0. The van der Waals surface area contributed by atoms with Crippen LogP contribution in [0.5, 0.6) is 0 Å². The van der Waals surface area contributed by atoms with E-state index in [1.807, 2.05) is 13.8 Å². The third-order valence-electron chi connectivity index (χ3n) is 3.48. The van der Waals surface area contributed by atoms with Gasteiger partial charge in [0.25, 0.3) is 0 Å². The Balaban J connectivity index is 2.89. The maximum atomic E-state index is 9.30. The lowest BCUT2D eigenvalue weighted by molar-refractivity contribution is -0.166. The highest BCUT2D eigenvalue weighted by Crippen LogP contribution is 2.36. The monoisotopic (exact) mass is 254 g/mol. The highest BCUT2D eigenvalue weighted by Gasteiger charge is 2.32. The Hall–Kier alpha value is -0.640. The van der Waals surface area contributed by atoms with E-state index in [-0.39, 0.29) is 18.8 Å². The molecular weight excluding hydrogens is 228 g/mol. The van der Waals surface area contributed by atoms with Crippen molar-refractivity contribution in [3.63, 3.8) is 0 Å². The summed E-state index contributed by atoms with van der Waals surface area (Å²) in [6.45, 7) is 11.5. The summed E-state index contributed by atoms with van der Waals surface area (Å²) in [5.74, 6) is 0.543. The standard InChI is InChI=1S/C15H26O3/c1-5-17-15(18-6-2)14-9-12(10-16)7-8-13(14)11(3)4/h9,13-16H,3,5-8,10H2,1-2,4H3/t13-,14+/m1/s1. The van der Waals surface area contributed by atoms with Crippen LogP contribution >= 0.6 is 0 Å². The Kier molecular flexibility index (Phi) is 6.61. The SMILES string of the molecule is C=C(C)[C@H]1CCC(CO)=C[C@@H]1C(OCC)OCC. The van der Waals surface area contributed by atoms with Gasteiger partial charge in [0, 0.05) is 19.1 Å². The fourth-order valence-corrected chi connectivity index (χ4v) is 2.58. The Bertz CT molecular complexity index is 290. The van der Waals surface area contributed by atoms with E-state index in [2.05, 4.69) is 19.6 Å². The molecule has 104 valence electrons. The molecule has 1 aliphatic carbocycles. The predicted octanol–water partition coefficient (Wildman–Crippen LogP) is 2.91. The van der Waals surface area contributed by atoms with Crippen LogP contribution in [0.15, 0.2) is 23.8 Å². The average Bonchev–Trinajstić information content (AvgIpc) is 2.37. The molecule has 0 aromatic rings. The van der Waals surface area contributed by atoms with Crippen molar-refractivity contribution in [2.75, 3.05) is 19.8 Å². The molecule has 0 radical (unpaired) electrons. The molecule has 3 nitrogen and oxygen atoms in total. The lowest BCUT2D eigenvalue weighted by Crippen LogP contribution is -2.34. The minimum absolute atomic E-state index is 0.129. The van der Waals surface area contributed by atoms with Crippen LogP contribution in [0.2, 0.25) is 0 Å². The van der Waals surface area contributed by atoms with E-state index in [4.69, 9.17) is 9.47 Å². The van der Waals surface area contributed by atoms with Crippen molar-refractivity contribution in [3.05, 3.63) is 23.8 Å². The maximum absolute atomic E-state index is 9.30. The molecule has 0 bridgehead atoms. The van der Waals surface area contributed by atoms with Crippen molar-refractivity contribution < 1.29 is 14.6 Å². The summed E-state index contributed by atoms with van der Waals surface area (Å²) in [5, 5.41) is 9.30. The summed E-state index contributed by atoms with van der Waals surface area (Å²) in [5.41, 5.74) is 2.25.